The van der Waals surface area contributed by atoms with Crippen molar-refractivity contribution in [1.82, 2.24) is 14.8 Å². The van der Waals surface area contributed by atoms with Crippen LogP contribution in [0.1, 0.15) is 38.3 Å². The summed E-state index contributed by atoms with van der Waals surface area (Å²) < 4.78 is 0. The zero-order valence-electron chi connectivity index (χ0n) is 13.0. The van der Waals surface area contributed by atoms with Crippen LogP contribution in [-0.2, 0) is 9.59 Å². The molecule has 1 aliphatic heterocycles. The maximum Gasteiger partial charge on any atom is 0.326 e. The molecule has 0 saturated carbocycles. The highest BCUT2D eigenvalue weighted by Crippen LogP contribution is 2.21. The number of rotatable bonds is 6. The Kier molecular flexibility index (Phi) is 5.12. The Morgan fingerprint density at radius 1 is 1.45 bits per heavy atom. The molecule has 2 heterocycles. The van der Waals surface area contributed by atoms with Crippen molar-refractivity contribution in [3.63, 3.8) is 0 Å². The third-order valence-electron chi connectivity index (χ3n) is 3.38. The molecule has 2 rings (SSSR count). The second kappa shape index (κ2) is 6.87. The fraction of sp³-hybridized carbons (Fsp3) is 0.571. The number of carbonyl (C=O) groups excluding carboxylic acids is 3. The van der Waals surface area contributed by atoms with Gasteiger partial charge >= 0.3 is 6.03 Å². The Bertz CT molecular complexity index is 584. The molecule has 1 aliphatic rings. The summed E-state index contributed by atoms with van der Waals surface area (Å²) in [6, 6.07) is -0.299. The van der Waals surface area contributed by atoms with Crippen molar-refractivity contribution < 1.29 is 14.4 Å². The molecule has 1 fully saturated rings. The van der Waals surface area contributed by atoms with Gasteiger partial charge in [-0.15, -0.1) is 11.3 Å². The molecule has 1 aromatic rings. The van der Waals surface area contributed by atoms with Crippen molar-refractivity contribution in [2.45, 2.75) is 32.6 Å². The number of aromatic nitrogens is 1. The topological polar surface area (TPSA) is 82.6 Å². The lowest BCUT2D eigenvalue weighted by Gasteiger charge is -2.13. The van der Waals surface area contributed by atoms with Crippen molar-refractivity contribution in [3.8, 4) is 0 Å². The van der Waals surface area contributed by atoms with Crippen LogP contribution in [0.2, 0.25) is 0 Å². The van der Waals surface area contributed by atoms with Gasteiger partial charge in [-0.05, 0) is 12.3 Å². The van der Waals surface area contributed by atoms with Crippen LogP contribution in [0.3, 0.4) is 0 Å². The molecule has 0 spiro atoms. The molecular weight excluding hydrogens is 304 g/mol. The molecule has 22 heavy (non-hydrogen) atoms. The Labute approximate surface area is 133 Å². The van der Waals surface area contributed by atoms with Gasteiger partial charge < -0.3 is 10.2 Å². The molecule has 4 amide bonds. The average Bonchev–Trinajstić information content (AvgIpc) is 2.99. The predicted molar refractivity (Wildman–Crippen MR) is 83.8 cm³/mol. The maximum atomic E-state index is 11.8. The van der Waals surface area contributed by atoms with Gasteiger partial charge in [-0.1, -0.05) is 13.8 Å². The van der Waals surface area contributed by atoms with E-state index in [0.717, 1.165) is 5.69 Å². The predicted octanol–water partition coefficient (Wildman–Crippen LogP) is 1.88. The van der Waals surface area contributed by atoms with Crippen LogP contribution < -0.4 is 5.32 Å². The molecule has 1 saturated heterocycles. The number of likely N-dealkylation sites (N-methyl/N-ethyl adjacent to an activating group) is 1. The molecular formula is C14H20N4O3S. The molecule has 0 aliphatic carbocycles. The quantitative estimate of drug-likeness (QED) is 0.810. The molecule has 7 nitrogen and oxygen atoms in total. The summed E-state index contributed by atoms with van der Waals surface area (Å²) in [6.07, 6.45) is 0.691. The number of nitrogens with zero attached hydrogens (tertiary/aromatic N) is 3. The monoisotopic (exact) mass is 324 g/mol. The van der Waals surface area contributed by atoms with E-state index in [4.69, 9.17) is 0 Å². The Morgan fingerprint density at radius 3 is 2.73 bits per heavy atom. The van der Waals surface area contributed by atoms with Gasteiger partial charge in [0.2, 0.25) is 11.8 Å². The number of carbonyl (C=O) groups is 3. The molecule has 1 aromatic heterocycles. The summed E-state index contributed by atoms with van der Waals surface area (Å²) in [5, 5.41) is 5.26. The zero-order chi connectivity index (χ0) is 16.3. The van der Waals surface area contributed by atoms with Crippen molar-refractivity contribution >= 4 is 34.3 Å². The third-order valence-corrected chi connectivity index (χ3v) is 4.15. The van der Waals surface area contributed by atoms with Gasteiger partial charge in [0.05, 0.1) is 5.69 Å². The first-order valence-corrected chi connectivity index (χ1v) is 8.07. The van der Waals surface area contributed by atoms with E-state index in [-0.39, 0.29) is 37.4 Å². The maximum absolute atomic E-state index is 11.8. The minimum atomic E-state index is -0.299. The van der Waals surface area contributed by atoms with Crippen molar-refractivity contribution in [2.75, 3.05) is 25.5 Å². The van der Waals surface area contributed by atoms with E-state index in [1.165, 1.54) is 21.1 Å². The lowest BCUT2D eigenvalue weighted by Crippen LogP contribution is -2.32. The highest BCUT2D eigenvalue weighted by Gasteiger charge is 2.32. The van der Waals surface area contributed by atoms with Gasteiger partial charge in [0.1, 0.15) is 6.54 Å². The van der Waals surface area contributed by atoms with E-state index in [0.29, 0.717) is 17.5 Å². The molecule has 0 radical (unpaired) electrons. The van der Waals surface area contributed by atoms with Gasteiger partial charge in [0, 0.05) is 25.4 Å². The fourth-order valence-electron chi connectivity index (χ4n) is 2.08. The highest BCUT2D eigenvalue weighted by atomic mass is 32.1. The van der Waals surface area contributed by atoms with Gasteiger partial charge in [-0.25, -0.2) is 9.78 Å². The summed E-state index contributed by atoms with van der Waals surface area (Å²) in [5.74, 6) is -0.0439. The van der Waals surface area contributed by atoms with E-state index < -0.39 is 0 Å². The second-order valence-corrected chi connectivity index (χ2v) is 6.43. The summed E-state index contributed by atoms with van der Waals surface area (Å²) in [6.45, 7) is 4.47. The Hall–Kier alpha value is -1.96. The van der Waals surface area contributed by atoms with E-state index in [1.54, 1.807) is 7.05 Å². The van der Waals surface area contributed by atoms with Crippen LogP contribution in [0.15, 0.2) is 5.38 Å². The molecule has 8 heteroatoms. The average molecular weight is 324 g/mol. The minimum absolute atomic E-state index is 0.113. The van der Waals surface area contributed by atoms with Gasteiger partial charge in [-0.2, -0.15) is 0 Å². The van der Waals surface area contributed by atoms with E-state index in [1.807, 2.05) is 19.2 Å². The summed E-state index contributed by atoms with van der Waals surface area (Å²) >= 11 is 1.40. The lowest BCUT2D eigenvalue weighted by atomic mass is 10.2. The first-order chi connectivity index (χ1) is 10.4. The van der Waals surface area contributed by atoms with Gasteiger partial charge in [0.25, 0.3) is 0 Å². The number of hydrogen-bond acceptors (Lipinski definition) is 5. The van der Waals surface area contributed by atoms with Crippen LogP contribution in [0.5, 0.6) is 0 Å². The SMILES string of the molecule is CC(C)c1csc(NC(=O)CCCN2C(=O)CN(C)C2=O)n1. The van der Waals surface area contributed by atoms with Crippen molar-refractivity contribution in [2.24, 2.45) is 0 Å². The number of amides is 4. The van der Waals surface area contributed by atoms with Crippen LogP contribution in [0.4, 0.5) is 9.93 Å². The fourth-order valence-corrected chi connectivity index (χ4v) is 2.97. The number of thiazole rings is 1. The van der Waals surface area contributed by atoms with Crippen LogP contribution >= 0.6 is 11.3 Å². The summed E-state index contributed by atoms with van der Waals surface area (Å²) in [5.41, 5.74) is 0.955. The number of hydrogen-bond donors (Lipinski definition) is 1. The van der Waals surface area contributed by atoms with Gasteiger partial charge in [0.15, 0.2) is 5.13 Å². The zero-order valence-corrected chi connectivity index (χ0v) is 13.8. The van der Waals surface area contributed by atoms with Crippen LogP contribution in [0.25, 0.3) is 0 Å². The number of urea groups is 1. The second-order valence-electron chi connectivity index (χ2n) is 5.57. The van der Waals surface area contributed by atoms with Crippen molar-refractivity contribution in [3.05, 3.63) is 11.1 Å². The van der Waals surface area contributed by atoms with Crippen molar-refractivity contribution in [1.29, 1.82) is 0 Å². The highest BCUT2D eigenvalue weighted by molar-refractivity contribution is 7.13. The minimum Gasteiger partial charge on any atom is -0.318 e. The molecule has 0 aromatic carbocycles. The molecule has 0 unspecified atom stereocenters. The molecule has 1 N–H and O–H groups in total. The van der Waals surface area contributed by atoms with E-state index >= 15 is 0 Å². The number of imide groups is 1. The largest absolute Gasteiger partial charge is 0.326 e. The van der Waals surface area contributed by atoms with E-state index in [9.17, 15) is 14.4 Å². The number of nitrogens with one attached hydrogen (secondary N) is 1. The summed E-state index contributed by atoms with van der Waals surface area (Å²) in [7, 11) is 1.59. The lowest BCUT2D eigenvalue weighted by molar-refractivity contribution is -0.125. The first-order valence-electron chi connectivity index (χ1n) is 7.19. The van der Waals surface area contributed by atoms with Crippen LogP contribution in [-0.4, -0.2) is 52.8 Å². The van der Waals surface area contributed by atoms with Gasteiger partial charge in [-0.3, -0.25) is 14.5 Å². The van der Waals surface area contributed by atoms with E-state index in [2.05, 4.69) is 10.3 Å². The van der Waals surface area contributed by atoms with Crippen LogP contribution in [0, 0.1) is 0 Å². The summed E-state index contributed by atoms with van der Waals surface area (Å²) in [4.78, 5) is 42.0. The first kappa shape index (κ1) is 16.4. The molecule has 0 atom stereocenters. The number of anilines is 1. The molecule has 0 bridgehead atoms. The standard InChI is InChI=1S/C14H20N4O3S/c1-9(2)10-8-22-13(15-10)16-11(19)5-4-6-18-12(20)7-17(3)14(18)21/h8-9H,4-7H2,1-3H3,(H,15,16,19). The normalized spacial score (nSPS) is 15.1. The molecule has 120 valence electrons. The third kappa shape index (κ3) is 3.82. The Morgan fingerprint density at radius 2 is 2.18 bits per heavy atom. The Balaban J connectivity index is 1.76. The smallest absolute Gasteiger partial charge is 0.318 e.